The summed E-state index contributed by atoms with van der Waals surface area (Å²) in [6.07, 6.45) is 2.94. The standard InChI is InChI=1S/C14H15N5O4S/c15-9-1-3-10(4-2-9)24(22,23)19-8-12-11(16-5-6-17-12)7-13(19)14(20)18-21/h1-6,13,21H,7-8,15H2,(H,18,20). The predicted molar refractivity (Wildman–Crippen MR) is 83.0 cm³/mol. The molecular formula is C14H15N5O4S. The van der Waals surface area contributed by atoms with Gasteiger partial charge in [0, 0.05) is 24.5 Å². The number of nitrogens with zero attached hydrogens (tertiary/aromatic N) is 3. The summed E-state index contributed by atoms with van der Waals surface area (Å²) in [5.74, 6) is -0.828. The Balaban J connectivity index is 2.05. The van der Waals surface area contributed by atoms with E-state index < -0.39 is 22.0 Å². The predicted octanol–water partition coefficient (Wildman–Crippen LogP) is -0.320. The van der Waals surface area contributed by atoms with Crippen LogP contribution in [0.5, 0.6) is 0 Å². The van der Waals surface area contributed by atoms with Gasteiger partial charge in [0.2, 0.25) is 10.0 Å². The number of sulfonamides is 1. The van der Waals surface area contributed by atoms with Crippen molar-refractivity contribution in [2.24, 2.45) is 0 Å². The molecule has 0 saturated heterocycles. The molecule has 126 valence electrons. The molecule has 2 heterocycles. The smallest absolute Gasteiger partial charge is 0.262 e. The van der Waals surface area contributed by atoms with E-state index >= 15 is 0 Å². The average Bonchev–Trinajstić information content (AvgIpc) is 2.60. The molecule has 10 heteroatoms. The molecule has 0 bridgehead atoms. The van der Waals surface area contributed by atoms with Crippen molar-refractivity contribution in [1.29, 1.82) is 0 Å². The van der Waals surface area contributed by atoms with Crippen LogP contribution < -0.4 is 11.2 Å². The molecule has 1 aromatic heterocycles. The molecule has 24 heavy (non-hydrogen) atoms. The van der Waals surface area contributed by atoms with Crippen molar-refractivity contribution in [3.63, 3.8) is 0 Å². The Bertz CT molecular complexity index is 869. The SMILES string of the molecule is Nc1ccc(S(=O)(=O)N2Cc3nccnc3CC2C(=O)NO)cc1. The number of hydrogen-bond donors (Lipinski definition) is 3. The summed E-state index contributed by atoms with van der Waals surface area (Å²) in [4.78, 5) is 20.2. The van der Waals surface area contributed by atoms with Crippen LogP contribution in [-0.2, 0) is 27.8 Å². The fourth-order valence-corrected chi connectivity index (χ4v) is 4.12. The maximum absolute atomic E-state index is 12.9. The van der Waals surface area contributed by atoms with Gasteiger partial charge in [0.05, 0.1) is 22.8 Å². The first-order valence-electron chi connectivity index (χ1n) is 7.03. The molecule has 0 fully saturated rings. The number of nitrogens with two attached hydrogens (primary N) is 1. The van der Waals surface area contributed by atoms with E-state index in [0.29, 0.717) is 17.1 Å². The largest absolute Gasteiger partial charge is 0.399 e. The molecule has 0 aliphatic carbocycles. The van der Waals surface area contributed by atoms with Gasteiger partial charge in [0.1, 0.15) is 6.04 Å². The molecule has 1 atom stereocenters. The zero-order chi connectivity index (χ0) is 17.3. The van der Waals surface area contributed by atoms with Crippen LogP contribution in [0.4, 0.5) is 5.69 Å². The van der Waals surface area contributed by atoms with Crippen molar-refractivity contribution in [2.45, 2.75) is 23.9 Å². The number of amides is 1. The number of nitrogen functional groups attached to an aromatic ring is 1. The van der Waals surface area contributed by atoms with Crippen molar-refractivity contribution >= 4 is 21.6 Å². The summed E-state index contributed by atoms with van der Waals surface area (Å²) in [5, 5.41) is 8.95. The Morgan fingerprint density at radius 3 is 2.46 bits per heavy atom. The minimum atomic E-state index is -3.99. The molecule has 1 aliphatic heterocycles. The van der Waals surface area contributed by atoms with Gasteiger partial charge in [0.15, 0.2) is 0 Å². The van der Waals surface area contributed by atoms with Crippen LogP contribution in [0.3, 0.4) is 0 Å². The average molecular weight is 349 g/mol. The highest BCUT2D eigenvalue weighted by atomic mass is 32.2. The van der Waals surface area contributed by atoms with E-state index in [9.17, 15) is 13.2 Å². The fourth-order valence-electron chi connectivity index (χ4n) is 2.57. The molecule has 0 spiro atoms. The van der Waals surface area contributed by atoms with Gasteiger partial charge in [-0.25, -0.2) is 13.9 Å². The molecule has 2 aromatic rings. The lowest BCUT2D eigenvalue weighted by Crippen LogP contribution is -2.52. The molecule has 4 N–H and O–H groups in total. The summed E-state index contributed by atoms with van der Waals surface area (Å²) in [6.45, 7) is -0.117. The van der Waals surface area contributed by atoms with Crippen molar-refractivity contribution in [3.8, 4) is 0 Å². The maximum Gasteiger partial charge on any atom is 0.262 e. The maximum atomic E-state index is 12.9. The summed E-state index contributed by atoms with van der Waals surface area (Å²) >= 11 is 0. The highest BCUT2D eigenvalue weighted by molar-refractivity contribution is 7.89. The van der Waals surface area contributed by atoms with E-state index in [2.05, 4.69) is 9.97 Å². The van der Waals surface area contributed by atoms with Gasteiger partial charge < -0.3 is 5.73 Å². The van der Waals surface area contributed by atoms with E-state index in [1.54, 1.807) is 0 Å². The topological polar surface area (TPSA) is 139 Å². The summed E-state index contributed by atoms with van der Waals surface area (Å²) < 4.78 is 26.8. The lowest BCUT2D eigenvalue weighted by Gasteiger charge is -2.33. The number of nitrogens with one attached hydrogen (secondary N) is 1. The summed E-state index contributed by atoms with van der Waals surface area (Å²) in [6, 6.07) is 4.54. The third-order valence-corrected chi connectivity index (χ3v) is 5.67. The van der Waals surface area contributed by atoms with Crippen LogP contribution in [0, 0.1) is 0 Å². The minimum absolute atomic E-state index is 0.000204. The Morgan fingerprint density at radius 2 is 1.83 bits per heavy atom. The number of hydrogen-bond acceptors (Lipinski definition) is 7. The second-order valence-electron chi connectivity index (χ2n) is 5.27. The molecule has 0 saturated carbocycles. The van der Waals surface area contributed by atoms with Crippen molar-refractivity contribution < 1.29 is 18.4 Å². The van der Waals surface area contributed by atoms with E-state index in [4.69, 9.17) is 10.9 Å². The lowest BCUT2D eigenvalue weighted by molar-refractivity contribution is -0.133. The number of hydroxylamine groups is 1. The van der Waals surface area contributed by atoms with Crippen LogP contribution in [0.2, 0.25) is 0 Å². The van der Waals surface area contributed by atoms with Gasteiger partial charge in [0.25, 0.3) is 5.91 Å². The van der Waals surface area contributed by atoms with E-state index in [1.807, 2.05) is 0 Å². The second kappa shape index (κ2) is 6.15. The van der Waals surface area contributed by atoms with Gasteiger partial charge >= 0.3 is 0 Å². The van der Waals surface area contributed by atoms with Crippen LogP contribution in [0.1, 0.15) is 11.4 Å². The quantitative estimate of drug-likeness (QED) is 0.392. The van der Waals surface area contributed by atoms with Gasteiger partial charge in [-0.15, -0.1) is 0 Å². The molecule has 1 aliphatic rings. The van der Waals surface area contributed by atoms with Crippen molar-refractivity contribution in [1.82, 2.24) is 19.8 Å². The van der Waals surface area contributed by atoms with Gasteiger partial charge in [-0.2, -0.15) is 4.31 Å². The zero-order valence-corrected chi connectivity index (χ0v) is 13.3. The first-order valence-corrected chi connectivity index (χ1v) is 8.47. The van der Waals surface area contributed by atoms with Gasteiger partial charge in [-0.05, 0) is 24.3 Å². The Kier molecular flexibility index (Phi) is 4.18. The van der Waals surface area contributed by atoms with E-state index in [1.165, 1.54) is 42.1 Å². The number of rotatable bonds is 3. The number of benzene rings is 1. The van der Waals surface area contributed by atoms with E-state index in [-0.39, 0.29) is 17.9 Å². The first-order chi connectivity index (χ1) is 11.4. The zero-order valence-electron chi connectivity index (χ0n) is 12.5. The number of carbonyl (C=O) groups excluding carboxylic acids is 1. The number of fused-ring (bicyclic) bond motifs is 1. The molecule has 1 amide bonds. The van der Waals surface area contributed by atoms with Crippen molar-refractivity contribution in [2.75, 3.05) is 5.73 Å². The Morgan fingerprint density at radius 1 is 1.21 bits per heavy atom. The van der Waals surface area contributed by atoms with Gasteiger partial charge in [-0.1, -0.05) is 0 Å². The third-order valence-electron chi connectivity index (χ3n) is 3.80. The fraction of sp³-hybridized carbons (Fsp3) is 0.214. The molecule has 9 nitrogen and oxygen atoms in total. The Labute approximate surface area is 138 Å². The minimum Gasteiger partial charge on any atom is -0.399 e. The van der Waals surface area contributed by atoms with Crippen LogP contribution in [-0.4, -0.2) is 39.8 Å². The third kappa shape index (κ3) is 2.82. The van der Waals surface area contributed by atoms with E-state index in [0.717, 1.165) is 4.31 Å². The number of anilines is 1. The van der Waals surface area contributed by atoms with Crippen LogP contribution in [0.15, 0.2) is 41.6 Å². The lowest BCUT2D eigenvalue weighted by atomic mass is 10.0. The number of carbonyl (C=O) groups is 1. The highest BCUT2D eigenvalue weighted by Gasteiger charge is 2.40. The Hall–Kier alpha value is -2.56. The monoisotopic (exact) mass is 349 g/mol. The molecule has 1 unspecified atom stereocenters. The molecule has 1 aromatic carbocycles. The van der Waals surface area contributed by atoms with Crippen LogP contribution >= 0.6 is 0 Å². The van der Waals surface area contributed by atoms with Gasteiger partial charge in [-0.3, -0.25) is 20.0 Å². The normalized spacial score (nSPS) is 18.0. The molecular weight excluding hydrogens is 334 g/mol. The van der Waals surface area contributed by atoms with Crippen molar-refractivity contribution in [3.05, 3.63) is 48.0 Å². The summed E-state index contributed by atoms with van der Waals surface area (Å²) in [7, 11) is -3.99. The van der Waals surface area contributed by atoms with Crippen LogP contribution in [0.25, 0.3) is 0 Å². The molecule has 0 radical (unpaired) electrons. The number of aromatic nitrogens is 2. The second-order valence-corrected chi connectivity index (χ2v) is 7.16. The summed E-state index contributed by atoms with van der Waals surface area (Å²) in [5.41, 5.74) is 8.52. The highest BCUT2D eigenvalue weighted by Crippen LogP contribution is 2.27. The molecule has 3 rings (SSSR count). The first kappa shape index (κ1) is 16.3.